The van der Waals surface area contributed by atoms with Gasteiger partial charge in [-0.1, -0.05) is 30.3 Å². The van der Waals surface area contributed by atoms with Gasteiger partial charge in [-0.05, 0) is 29.7 Å². The van der Waals surface area contributed by atoms with Crippen molar-refractivity contribution in [3.05, 3.63) is 64.7 Å². The van der Waals surface area contributed by atoms with E-state index < -0.39 is 17.9 Å². The number of piperidine rings is 1. The zero-order valence-electron chi connectivity index (χ0n) is 17.9. The molecule has 0 aliphatic carbocycles. The molecule has 1 atom stereocenters. The minimum absolute atomic E-state index is 0.203. The predicted molar refractivity (Wildman–Crippen MR) is 113 cm³/mol. The number of nitrogens with zero attached hydrogens (tertiary/aromatic N) is 2. The summed E-state index contributed by atoms with van der Waals surface area (Å²) in [6, 6.07) is 12.2. The van der Waals surface area contributed by atoms with Gasteiger partial charge in [-0.3, -0.25) is 24.6 Å². The van der Waals surface area contributed by atoms with E-state index in [9.17, 15) is 23.2 Å². The van der Waals surface area contributed by atoms with Gasteiger partial charge in [-0.15, -0.1) is 0 Å². The van der Waals surface area contributed by atoms with Gasteiger partial charge in [-0.2, -0.15) is 0 Å². The molecule has 172 valence electrons. The van der Waals surface area contributed by atoms with Gasteiger partial charge in [-0.25, -0.2) is 8.78 Å². The van der Waals surface area contributed by atoms with Crippen molar-refractivity contribution >= 4 is 17.7 Å². The number of hydrogen-bond acceptors (Lipinski definition) is 5. The van der Waals surface area contributed by atoms with E-state index in [1.54, 1.807) is 23.1 Å². The van der Waals surface area contributed by atoms with Crippen LogP contribution in [-0.4, -0.2) is 52.6 Å². The lowest BCUT2D eigenvalue weighted by Crippen LogP contribution is -2.55. The van der Waals surface area contributed by atoms with E-state index in [4.69, 9.17) is 4.74 Å². The number of alkyl halides is 2. The molecule has 0 bridgehead atoms. The lowest BCUT2D eigenvalue weighted by molar-refractivity contribution is -0.137. The smallest absolute Gasteiger partial charge is 0.272 e. The number of benzene rings is 2. The Morgan fingerprint density at radius 3 is 2.45 bits per heavy atom. The lowest BCUT2D eigenvalue weighted by Gasteiger charge is -2.38. The van der Waals surface area contributed by atoms with E-state index in [-0.39, 0.29) is 44.5 Å². The molecular weight excluding hydrogens is 432 g/mol. The first-order valence-corrected chi connectivity index (χ1v) is 10.9. The number of hydrogen-bond donors (Lipinski definition) is 1. The number of nitrogens with one attached hydrogen (secondary N) is 1. The molecule has 2 aromatic rings. The molecule has 3 heterocycles. The number of carbonyl (C=O) groups excluding carboxylic acids is 3. The zero-order valence-corrected chi connectivity index (χ0v) is 17.9. The molecule has 2 fully saturated rings. The van der Waals surface area contributed by atoms with Gasteiger partial charge in [0, 0.05) is 24.1 Å². The van der Waals surface area contributed by atoms with E-state index in [1.165, 1.54) is 4.90 Å². The summed E-state index contributed by atoms with van der Waals surface area (Å²) in [7, 11) is 0. The molecule has 1 unspecified atom stereocenters. The normalized spacial score (nSPS) is 22.1. The van der Waals surface area contributed by atoms with Gasteiger partial charge in [0.2, 0.25) is 11.8 Å². The molecule has 5 rings (SSSR count). The van der Waals surface area contributed by atoms with E-state index >= 15 is 0 Å². The SMILES string of the molecule is O=C1CCC(N2Cc3c(OCc4ccc(CN5CC(F)(F)C5)cc4)cccc3C2=O)C(=O)N1. The van der Waals surface area contributed by atoms with Crippen molar-refractivity contribution in [2.24, 2.45) is 0 Å². The summed E-state index contributed by atoms with van der Waals surface area (Å²) in [4.78, 5) is 39.8. The predicted octanol–water partition coefficient (Wildman–Crippen LogP) is 2.48. The fourth-order valence-corrected chi connectivity index (χ4v) is 4.57. The topological polar surface area (TPSA) is 79.0 Å². The molecule has 3 amide bonds. The number of likely N-dealkylation sites (tertiary alicyclic amines) is 1. The number of fused-ring (bicyclic) bond motifs is 1. The fourth-order valence-electron chi connectivity index (χ4n) is 4.57. The van der Waals surface area contributed by atoms with Crippen molar-refractivity contribution in [1.29, 1.82) is 0 Å². The molecule has 0 aromatic heterocycles. The van der Waals surface area contributed by atoms with Crippen LogP contribution in [0.3, 0.4) is 0 Å². The van der Waals surface area contributed by atoms with E-state index in [2.05, 4.69) is 5.32 Å². The van der Waals surface area contributed by atoms with E-state index in [0.717, 1.165) is 16.7 Å². The average Bonchev–Trinajstić information content (AvgIpc) is 3.09. The highest BCUT2D eigenvalue weighted by Crippen LogP contribution is 2.34. The van der Waals surface area contributed by atoms with Crippen molar-refractivity contribution in [2.75, 3.05) is 13.1 Å². The van der Waals surface area contributed by atoms with Gasteiger partial charge in [0.25, 0.3) is 11.8 Å². The average molecular weight is 455 g/mol. The van der Waals surface area contributed by atoms with Gasteiger partial charge < -0.3 is 9.64 Å². The Bertz CT molecular complexity index is 1110. The molecule has 0 saturated carbocycles. The second-order valence-corrected chi connectivity index (χ2v) is 8.79. The molecule has 3 aliphatic heterocycles. The Balaban J connectivity index is 1.22. The molecular formula is C24H23F2N3O4. The van der Waals surface area contributed by atoms with Crippen LogP contribution in [-0.2, 0) is 29.3 Å². The third-order valence-corrected chi connectivity index (χ3v) is 6.27. The lowest BCUT2D eigenvalue weighted by atomic mass is 10.0. The Hall–Kier alpha value is -3.33. The molecule has 33 heavy (non-hydrogen) atoms. The van der Waals surface area contributed by atoms with Crippen molar-refractivity contribution in [3.8, 4) is 5.75 Å². The highest BCUT2D eigenvalue weighted by Gasteiger charge is 2.43. The number of rotatable bonds is 6. The van der Waals surface area contributed by atoms with Gasteiger partial charge in [0.15, 0.2) is 0 Å². The maximum atomic E-state index is 13.0. The summed E-state index contributed by atoms with van der Waals surface area (Å²) in [5, 5.41) is 2.30. The summed E-state index contributed by atoms with van der Waals surface area (Å²) < 4.78 is 32.0. The minimum Gasteiger partial charge on any atom is -0.489 e. The Labute approximate surface area is 189 Å². The summed E-state index contributed by atoms with van der Waals surface area (Å²) >= 11 is 0. The number of imide groups is 1. The van der Waals surface area contributed by atoms with Crippen LogP contribution in [0.5, 0.6) is 5.75 Å². The third-order valence-electron chi connectivity index (χ3n) is 6.27. The van der Waals surface area contributed by atoms with Crippen LogP contribution in [0.4, 0.5) is 8.78 Å². The molecule has 2 saturated heterocycles. The maximum Gasteiger partial charge on any atom is 0.272 e. The van der Waals surface area contributed by atoms with E-state index in [0.29, 0.717) is 24.3 Å². The van der Waals surface area contributed by atoms with Crippen molar-refractivity contribution in [2.45, 2.75) is 44.5 Å². The van der Waals surface area contributed by atoms with Crippen molar-refractivity contribution < 1.29 is 27.9 Å². The van der Waals surface area contributed by atoms with E-state index in [1.807, 2.05) is 24.3 Å². The summed E-state index contributed by atoms with van der Waals surface area (Å²) in [6.07, 6.45) is 0.512. The minimum atomic E-state index is -2.57. The molecule has 0 radical (unpaired) electrons. The highest BCUT2D eigenvalue weighted by molar-refractivity contribution is 6.05. The molecule has 3 aliphatic rings. The summed E-state index contributed by atoms with van der Waals surface area (Å²) in [5.74, 6) is -3.01. The number of amides is 3. The quantitative estimate of drug-likeness (QED) is 0.678. The second kappa shape index (κ2) is 8.22. The molecule has 0 spiro atoms. The highest BCUT2D eigenvalue weighted by atomic mass is 19.3. The van der Waals surface area contributed by atoms with Gasteiger partial charge in [0.1, 0.15) is 18.4 Å². The first kappa shape index (κ1) is 21.5. The van der Waals surface area contributed by atoms with Crippen LogP contribution in [0.25, 0.3) is 0 Å². The molecule has 9 heteroatoms. The van der Waals surface area contributed by atoms with Crippen LogP contribution in [0.2, 0.25) is 0 Å². The largest absolute Gasteiger partial charge is 0.489 e. The van der Waals surface area contributed by atoms with Crippen molar-refractivity contribution in [3.63, 3.8) is 0 Å². The van der Waals surface area contributed by atoms with Crippen LogP contribution in [0.15, 0.2) is 42.5 Å². The standard InChI is InChI=1S/C24H23F2N3O4/c25-24(26)13-28(14-24)10-15-4-6-16(7-5-15)12-33-20-3-1-2-17-18(20)11-29(23(17)32)19-8-9-21(30)27-22(19)31/h1-7,19H,8-14H2,(H,27,30,31). The number of ether oxygens (including phenoxy) is 1. The first-order valence-electron chi connectivity index (χ1n) is 10.9. The first-order chi connectivity index (χ1) is 15.8. The molecule has 2 aromatic carbocycles. The Morgan fingerprint density at radius 1 is 1.03 bits per heavy atom. The number of halogens is 2. The van der Waals surface area contributed by atoms with Crippen LogP contribution in [0.1, 0.15) is 39.9 Å². The second-order valence-electron chi connectivity index (χ2n) is 8.79. The Morgan fingerprint density at radius 2 is 1.76 bits per heavy atom. The summed E-state index contributed by atoms with van der Waals surface area (Å²) in [6.45, 7) is 0.611. The van der Waals surface area contributed by atoms with Gasteiger partial charge in [0.05, 0.1) is 19.6 Å². The Kier molecular flexibility index (Phi) is 5.36. The van der Waals surface area contributed by atoms with Crippen LogP contribution >= 0.6 is 0 Å². The molecule has 7 nitrogen and oxygen atoms in total. The zero-order chi connectivity index (χ0) is 23.2. The van der Waals surface area contributed by atoms with Crippen molar-refractivity contribution in [1.82, 2.24) is 15.1 Å². The van der Waals surface area contributed by atoms with Gasteiger partial charge >= 0.3 is 0 Å². The maximum absolute atomic E-state index is 13.0. The summed E-state index contributed by atoms with van der Waals surface area (Å²) in [5.41, 5.74) is 3.10. The monoisotopic (exact) mass is 455 g/mol. The fraction of sp³-hybridized carbons (Fsp3) is 0.375. The van der Waals surface area contributed by atoms with Crippen LogP contribution < -0.4 is 10.1 Å². The third kappa shape index (κ3) is 4.32. The van der Waals surface area contributed by atoms with Crippen LogP contribution in [0, 0.1) is 0 Å². The molecule has 1 N–H and O–H groups in total. The number of carbonyl (C=O) groups is 3.